The number of hydrogen-bond acceptors (Lipinski definition) is 3. The van der Waals surface area contributed by atoms with Crippen molar-refractivity contribution in [3.05, 3.63) is 34.9 Å². The lowest BCUT2D eigenvalue weighted by Gasteiger charge is -2.13. The zero-order valence-corrected chi connectivity index (χ0v) is 9.26. The Kier molecular flexibility index (Phi) is 4.79. The summed E-state index contributed by atoms with van der Waals surface area (Å²) in [6.07, 6.45) is -1.06. The molecule has 0 saturated carbocycles. The van der Waals surface area contributed by atoms with Gasteiger partial charge in [-0.1, -0.05) is 0 Å². The molecule has 1 unspecified atom stereocenters. The van der Waals surface area contributed by atoms with E-state index in [2.05, 4.69) is 5.32 Å². The van der Waals surface area contributed by atoms with E-state index in [1.165, 1.54) is 7.11 Å². The van der Waals surface area contributed by atoms with Gasteiger partial charge < -0.3 is 15.2 Å². The highest BCUT2D eigenvalue weighted by atomic mass is 19.1. The van der Waals surface area contributed by atoms with Crippen molar-refractivity contribution < 1.29 is 18.6 Å². The summed E-state index contributed by atoms with van der Waals surface area (Å²) < 4.78 is 31.7. The first kappa shape index (κ1) is 13.0. The van der Waals surface area contributed by atoms with E-state index in [0.717, 1.165) is 12.1 Å². The molecule has 0 aliphatic carbocycles. The molecule has 0 radical (unpaired) electrons. The van der Waals surface area contributed by atoms with Crippen LogP contribution in [0.3, 0.4) is 0 Å². The lowest BCUT2D eigenvalue weighted by atomic mass is 10.1. The number of halogens is 2. The van der Waals surface area contributed by atoms with Crippen LogP contribution in [-0.2, 0) is 11.3 Å². The van der Waals surface area contributed by atoms with Crippen molar-refractivity contribution in [3.63, 3.8) is 0 Å². The minimum atomic E-state index is -1.06. The minimum absolute atomic E-state index is 0.00512. The third-order valence-corrected chi connectivity index (χ3v) is 2.22. The molecule has 3 nitrogen and oxygen atoms in total. The largest absolute Gasteiger partial charge is 0.387 e. The van der Waals surface area contributed by atoms with E-state index >= 15 is 0 Å². The normalized spacial score (nSPS) is 12.8. The number of aliphatic hydroxyl groups excluding tert-OH is 1. The van der Waals surface area contributed by atoms with Gasteiger partial charge in [0.2, 0.25) is 0 Å². The first-order valence-electron chi connectivity index (χ1n) is 4.89. The summed E-state index contributed by atoms with van der Waals surface area (Å²) in [5.41, 5.74) is 0.0899. The first-order chi connectivity index (χ1) is 7.60. The molecule has 0 aliphatic heterocycles. The summed E-state index contributed by atoms with van der Waals surface area (Å²) in [4.78, 5) is 0. The van der Waals surface area contributed by atoms with Gasteiger partial charge in [-0.2, -0.15) is 0 Å². The summed E-state index contributed by atoms with van der Waals surface area (Å²) in [5, 5.41) is 12.2. The van der Waals surface area contributed by atoms with Crippen molar-refractivity contribution in [3.8, 4) is 0 Å². The van der Waals surface area contributed by atoms with E-state index in [4.69, 9.17) is 4.74 Å². The zero-order valence-electron chi connectivity index (χ0n) is 9.26. The highest BCUT2D eigenvalue weighted by molar-refractivity contribution is 5.27. The summed E-state index contributed by atoms with van der Waals surface area (Å²) >= 11 is 0. The molecule has 0 heterocycles. The van der Waals surface area contributed by atoms with Gasteiger partial charge in [0.1, 0.15) is 11.6 Å². The lowest BCUT2D eigenvalue weighted by molar-refractivity contribution is 0.170. The number of likely N-dealkylation sites (N-methyl/N-ethyl adjacent to an activating group) is 1. The molecule has 1 rings (SSSR count). The Labute approximate surface area is 93.0 Å². The fourth-order valence-electron chi connectivity index (χ4n) is 1.43. The molecule has 1 aromatic carbocycles. The minimum Gasteiger partial charge on any atom is -0.387 e. The monoisotopic (exact) mass is 231 g/mol. The van der Waals surface area contributed by atoms with Crippen LogP contribution in [0.5, 0.6) is 0 Å². The first-order valence-corrected chi connectivity index (χ1v) is 4.89. The number of benzene rings is 1. The van der Waals surface area contributed by atoms with E-state index < -0.39 is 17.7 Å². The van der Waals surface area contributed by atoms with Crippen LogP contribution in [0.25, 0.3) is 0 Å². The molecule has 0 bridgehead atoms. The van der Waals surface area contributed by atoms with Crippen LogP contribution in [0.15, 0.2) is 12.1 Å². The maximum Gasteiger partial charge on any atom is 0.129 e. The number of rotatable bonds is 5. The standard InChI is InChI=1S/C11H15F2NO2/c1-14-5-11(15)8-4-9(12)7(6-16-2)3-10(8)13/h3-4,11,14-15H,5-6H2,1-2H3. The number of hydrogen-bond donors (Lipinski definition) is 2. The predicted octanol–water partition coefficient (Wildman–Crippen LogP) is 1.36. The molecule has 0 fully saturated rings. The van der Waals surface area contributed by atoms with Gasteiger partial charge >= 0.3 is 0 Å². The second kappa shape index (κ2) is 5.89. The number of methoxy groups -OCH3 is 1. The van der Waals surface area contributed by atoms with Crippen LogP contribution < -0.4 is 5.32 Å². The van der Waals surface area contributed by atoms with Crippen LogP contribution in [0, 0.1) is 11.6 Å². The lowest BCUT2D eigenvalue weighted by Crippen LogP contribution is -2.18. The van der Waals surface area contributed by atoms with Crippen molar-refractivity contribution in [2.45, 2.75) is 12.7 Å². The second-order valence-electron chi connectivity index (χ2n) is 3.47. The SMILES string of the molecule is CNCC(O)c1cc(F)c(COC)cc1F. The van der Waals surface area contributed by atoms with Gasteiger partial charge in [0.05, 0.1) is 12.7 Å². The quantitative estimate of drug-likeness (QED) is 0.804. The molecule has 0 amide bonds. The van der Waals surface area contributed by atoms with Crippen LogP contribution in [0.4, 0.5) is 8.78 Å². The topological polar surface area (TPSA) is 41.5 Å². The molecule has 2 N–H and O–H groups in total. The fourth-order valence-corrected chi connectivity index (χ4v) is 1.43. The molecule has 90 valence electrons. The molecule has 5 heteroatoms. The van der Waals surface area contributed by atoms with E-state index in [1.54, 1.807) is 7.05 Å². The molecule has 0 aromatic heterocycles. The Morgan fingerprint density at radius 2 is 2.06 bits per heavy atom. The van der Waals surface area contributed by atoms with Crippen molar-refractivity contribution in [2.24, 2.45) is 0 Å². The average Bonchev–Trinajstić information content (AvgIpc) is 2.23. The summed E-state index contributed by atoms with van der Waals surface area (Å²) in [7, 11) is 3.03. The third-order valence-electron chi connectivity index (χ3n) is 2.22. The Bertz CT molecular complexity index is 358. The van der Waals surface area contributed by atoms with Crippen molar-refractivity contribution in [1.29, 1.82) is 0 Å². The maximum absolute atomic E-state index is 13.5. The molecular weight excluding hydrogens is 216 g/mol. The Balaban J connectivity index is 3.00. The third kappa shape index (κ3) is 2.98. The summed E-state index contributed by atoms with van der Waals surface area (Å²) in [6, 6.07) is 2.05. The highest BCUT2D eigenvalue weighted by Crippen LogP contribution is 2.21. The fraction of sp³-hybridized carbons (Fsp3) is 0.455. The van der Waals surface area contributed by atoms with Crippen LogP contribution in [0.2, 0.25) is 0 Å². The zero-order chi connectivity index (χ0) is 12.1. The number of nitrogens with one attached hydrogen (secondary N) is 1. The molecule has 0 aliphatic rings. The number of aliphatic hydroxyl groups is 1. The predicted molar refractivity (Wildman–Crippen MR) is 56.0 cm³/mol. The average molecular weight is 231 g/mol. The number of ether oxygens (including phenoxy) is 1. The molecule has 16 heavy (non-hydrogen) atoms. The molecule has 1 aromatic rings. The molecule has 0 spiro atoms. The Morgan fingerprint density at radius 1 is 1.38 bits per heavy atom. The van der Waals surface area contributed by atoms with E-state index in [0.29, 0.717) is 0 Å². The van der Waals surface area contributed by atoms with E-state index in [9.17, 15) is 13.9 Å². The maximum atomic E-state index is 13.5. The van der Waals surface area contributed by atoms with Crippen LogP contribution in [-0.4, -0.2) is 25.8 Å². The van der Waals surface area contributed by atoms with E-state index in [-0.39, 0.29) is 24.3 Å². The van der Waals surface area contributed by atoms with E-state index in [1.807, 2.05) is 0 Å². The molecular formula is C11H15F2NO2. The van der Waals surface area contributed by atoms with Gasteiger partial charge in [0.25, 0.3) is 0 Å². The van der Waals surface area contributed by atoms with Crippen molar-refractivity contribution >= 4 is 0 Å². The van der Waals surface area contributed by atoms with Gasteiger partial charge in [0.15, 0.2) is 0 Å². The summed E-state index contributed by atoms with van der Waals surface area (Å²) in [6.45, 7) is 0.172. The van der Waals surface area contributed by atoms with Gasteiger partial charge in [0, 0.05) is 24.8 Å². The summed E-state index contributed by atoms with van der Waals surface area (Å²) in [5.74, 6) is -1.20. The van der Waals surface area contributed by atoms with Gasteiger partial charge in [-0.15, -0.1) is 0 Å². The second-order valence-corrected chi connectivity index (χ2v) is 3.47. The smallest absolute Gasteiger partial charge is 0.129 e. The Morgan fingerprint density at radius 3 is 2.62 bits per heavy atom. The van der Waals surface area contributed by atoms with Crippen LogP contribution >= 0.6 is 0 Å². The Hall–Kier alpha value is -1.04. The van der Waals surface area contributed by atoms with Gasteiger partial charge in [-0.05, 0) is 19.2 Å². The van der Waals surface area contributed by atoms with Gasteiger partial charge in [-0.3, -0.25) is 0 Å². The van der Waals surface area contributed by atoms with Gasteiger partial charge in [-0.25, -0.2) is 8.78 Å². The molecule has 0 saturated heterocycles. The molecule has 1 atom stereocenters. The van der Waals surface area contributed by atoms with Crippen molar-refractivity contribution in [2.75, 3.05) is 20.7 Å². The van der Waals surface area contributed by atoms with Crippen LogP contribution in [0.1, 0.15) is 17.2 Å². The highest BCUT2D eigenvalue weighted by Gasteiger charge is 2.15. The van der Waals surface area contributed by atoms with Crippen molar-refractivity contribution in [1.82, 2.24) is 5.32 Å².